The van der Waals surface area contributed by atoms with E-state index in [1.807, 2.05) is 127 Å². The van der Waals surface area contributed by atoms with Gasteiger partial charge < -0.3 is 37.9 Å². The Morgan fingerprint density at radius 2 is 0.654 bits per heavy atom. The number of esters is 3. The second-order valence-electron chi connectivity index (χ2n) is 25.8. The largest absolute Gasteiger partial charge is 0.748 e. The van der Waals surface area contributed by atoms with E-state index in [9.17, 15) is 45.4 Å². The summed E-state index contributed by atoms with van der Waals surface area (Å²) in [6, 6.07) is 63.3. The summed E-state index contributed by atoms with van der Waals surface area (Å²) in [5, 5.41) is 9.45. The number of carbonyl (C=O) groups is 3. The van der Waals surface area contributed by atoms with Gasteiger partial charge in [-0.25, -0.2) is 16.8 Å². The first-order valence-corrected chi connectivity index (χ1v) is 39.7. The molecule has 0 aliphatic rings. The normalized spacial score (nSPS) is 12.5. The van der Waals surface area contributed by atoms with E-state index in [1.165, 1.54) is 54.2 Å². The van der Waals surface area contributed by atoms with Crippen molar-refractivity contribution in [2.24, 2.45) is 0 Å². The Kier molecular flexibility index (Phi) is 45.4. The molecule has 0 saturated heterocycles. The Morgan fingerprint density at radius 1 is 0.411 bits per heavy atom. The summed E-state index contributed by atoms with van der Waals surface area (Å²) in [5.41, 5.74) is 14.1. The van der Waals surface area contributed by atoms with Crippen LogP contribution in [-0.4, -0.2) is 73.7 Å². The average Bonchev–Trinajstić information content (AvgIpc) is 0.859. The monoisotopic (exact) mass is 1540 g/mol. The molecule has 6 unspecified atom stereocenters. The van der Waals surface area contributed by atoms with Gasteiger partial charge in [-0.1, -0.05) is 227 Å². The lowest BCUT2D eigenvalue weighted by Crippen LogP contribution is -2.07. The fraction of sp³-hybridized carbons (Fsp3) is 0.375. The fourth-order valence-electron chi connectivity index (χ4n) is 11.5. The maximum absolute atomic E-state index is 11.1. The van der Waals surface area contributed by atoms with Crippen LogP contribution >= 0.6 is 23.2 Å². The van der Waals surface area contributed by atoms with E-state index in [1.54, 1.807) is 30.3 Å². The Balaban J connectivity index is 0.000000475. The van der Waals surface area contributed by atoms with Crippen LogP contribution in [0.4, 0.5) is 0 Å². The number of carbonyl (C=O) groups excluding carboxylic acids is 3. The minimum atomic E-state index is -4.17. The molecule has 8 rings (SSSR count). The van der Waals surface area contributed by atoms with Crippen LogP contribution in [0.5, 0.6) is 23.0 Å². The Labute approximate surface area is 649 Å². The topological polar surface area (TPSA) is 232 Å². The van der Waals surface area contributed by atoms with Crippen molar-refractivity contribution in [1.29, 1.82) is 0 Å². The van der Waals surface area contributed by atoms with E-state index >= 15 is 0 Å². The van der Waals surface area contributed by atoms with Gasteiger partial charge in [0.2, 0.25) is 0 Å². The van der Waals surface area contributed by atoms with Crippen molar-refractivity contribution < 1.29 is 69.1 Å². The van der Waals surface area contributed by atoms with Crippen LogP contribution in [0, 0.1) is 0 Å². The second kappa shape index (κ2) is 51.2. The van der Waals surface area contributed by atoms with E-state index in [2.05, 4.69) is 103 Å². The summed E-state index contributed by atoms with van der Waals surface area (Å²) in [4.78, 5) is 32.6. The standard InChI is InChI=1S/C24H32O6S.C22H30O5S.C21H25ClO2.C10H10O2.C9H9Cl.2CH4/c1-4-21(16-18(2)22-10-12-24(13-11-22)30-19(3)25)23-8-6-20(7-9-23)17-29-14-5-15-31(26,27)28;1-3-19(15-17(2)20-9-11-22(23)12-10-20)21-7-5-18(6-8-21)16-27-13-4-14-28(24,25)26;1-4-18(20-7-5-17(14-22)6-8-20)13-15(2)19-9-11-21(12-10-19)24-16(3)23;1-3-9-4-6-10(7-5-9)12-8(2)11;1-2-8-3-5-9(7-10)6-4-8;;/h6-13,18,21H,4-5,14-17H2,1-3H3,(H,26,27,28);5-12,17,19,23H,3-4,13-16H2,1-2H3,(H,24,25,26);5-12,15,18H,4,13-14H2,1-3H3;3-7H,1H2,2H3;2-6H,1,7H2;2*1H4/p-2. The van der Waals surface area contributed by atoms with Crippen molar-refractivity contribution in [3.05, 3.63) is 274 Å². The molecule has 0 aromatic heterocycles. The second-order valence-corrected chi connectivity index (χ2v) is 29.4. The zero-order chi connectivity index (χ0) is 77.3. The van der Waals surface area contributed by atoms with Crippen LogP contribution in [0.1, 0.15) is 231 Å². The summed E-state index contributed by atoms with van der Waals surface area (Å²) in [7, 11) is -8.34. The molecule has 1 N–H and O–H groups in total. The zero-order valence-corrected chi connectivity index (χ0v) is 65.2. The van der Waals surface area contributed by atoms with Crippen molar-refractivity contribution in [3.63, 3.8) is 0 Å². The van der Waals surface area contributed by atoms with Gasteiger partial charge in [0.1, 0.15) is 23.0 Å². The number of alkyl halides is 2. The molecule has 0 radical (unpaired) electrons. The number of rotatable bonds is 34. The van der Waals surface area contributed by atoms with Crippen molar-refractivity contribution >= 4 is 73.5 Å². The number of hydrogen-bond acceptors (Lipinski definition) is 15. The lowest BCUT2D eigenvalue weighted by Gasteiger charge is -2.21. The van der Waals surface area contributed by atoms with Gasteiger partial charge in [-0.3, -0.25) is 14.4 Å². The third-order valence-electron chi connectivity index (χ3n) is 17.4. The molecule has 0 spiro atoms. The highest BCUT2D eigenvalue weighted by Crippen LogP contribution is 2.36. The fourth-order valence-corrected chi connectivity index (χ4v) is 12.8. The Bertz CT molecular complexity index is 4060. The number of ether oxygens (including phenoxy) is 5. The molecule has 8 aromatic rings. The molecule has 0 aliphatic heterocycles. The summed E-state index contributed by atoms with van der Waals surface area (Å²) in [5.74, 6) is 4.03. The molecule has 0 aliphatic carbocycles. The first-order chi connectivity index (χ1) is 50.1. The van der Waals surface area contributed by atoms with Crippen molar-refractivity contribution in [2.45, 2.75) is 189 Å². The number of benzene rings is 8. The van der Waals surface area contributed by atoms with Gasteiger partial charge in [-0.15, -0.1) is 23.2 Å². The lowest BCUT2D eigenvalue weighted by atomic mass is 9.84. The number of halogens is 2. The van der Waals surface area contributed by atoms with Crippen molar-refractivity contribution in [1.82, 2.24) is 0 Å². The molecule has 6 atom stereocenters. The van der Waals surface area contributed by atoms with Crippen molar-refractivity contribution in [2.75, 3.05) is 24.7 Å². The minimum Gasteiger partial charge on any atom is -0.748 e. The average molecular weight is 1540 g/mol. The molecular weight excluding hydrogens is 1430 g/mol. The zero-order valence-electron chi connectivity index (χ0n) is 62.1. The minimum absolute atomic E-state index is 0. The molecular formula is C88H112Cl2O15S2-2. The summed E-state index contributed by atoms with van der Waals surface area (Å²) in [6.07, 6.45) is 10.3. The first kappa shape index (κ1) is 94.8. The number of aromatic hydroxyl groups is 1. The Hall–Kier alpha value is -8.23. The Morgan fingerprint density at radius 3 is 0.907 bits per heavy atom. The van der Waals surface area contributed by atoms with E-state index in [4.69, 9.17) is 46.9 Å². The van der Waals surface area contributed by atoms with E-state index in [0.29, 0.717) is 77.7 Å². The van der Waals surface area contributed by atoms with Crippen LogP contribution in [0.3, 0.4) is 0 Å². The van der Waals surface area contributed by atoms with Gasteiger partial charge in [0, 0.05) is 57.3 Å². The van der Waals surface area contributed by atoms with Crippen molar-refractivity contribution in [3.8, 4) is 23.0 Å². The van der Waals surface area contributed by atoms with Crippen LogP contribution in [0.15, 0.2) is 207 Å². The van der Waals surface area contributed by atoms with Gasteiger partial charge in [0.25, 0.3) is 0 Å². The van der Waals surface area contributed by atoms with Crippen LogP contribution in [-0.2, 0) is 69.1 Å². The maximum atomic E-state index is 11.1. The predicted octanol–water partition coefficient (Wildman–Crippen LogP) is 21.9. The molecule has 19 heteroatoms. The summed E-state index contributed by atoms with van der Waals surface area (Å²) >= 11 is 11.5. The van der Waals surface area contributed by atoms with Gasteiger partial charge in [0.05, 0.1) is 33.5 Å². The van der Waals surface area contributed by atoms with Gasteiger partial charge in [0.15, 0.2) is 0 Å². The molecule has 107 heavy (non-hydrogen) atoms. The lowest BCUT2D eigenvalue weighted by molar-refractivity contribution is -0.132. The number of hydrogen-bond donors (Lipinski definition) is 1. The van der Waals surface area contributed by atoms with Gasteiger partial charge in [-0.05, 0) is 202 Å². The highest BCUT2D eigenvalue weighted by Gasteiger charge is 2.19. The molecule has 0 fully saturated rings. The highest BCUT2D eigenvalue weighted by molar-refractivity contribution is 7.85. The van der Waals surface area contributed by atoms with E-state index < -0.39 is 26.0 Å². The molecule has 15 nitrogen and oxygen atoms in total. The van der Waals surface area contributed by atoms with Crippen LogP contribution in [0.25, 0.3) is 12.2 Å². The maximum Gasteiger partial charge on any atom is 0.308 e. The van der Waals surface area contributed by atoms with E-state index in [0.717, 1.165) is 71.9 Å². The third kappa shape index (κ3) is 38.9. The van der Waals surface area contributed by atoms with Gasteiger partial charge >= 0.3 is 17.9 Å². The SMILES string of the molecule is C.C.C=Cc1ccc(CCl)cc1.C=Cc1ccc(OC(C)=O)cc1.CCC(CC(C)c1ccc(O)cc1)c1ccc(COCCCS(=O)(=O)[O-])cc1.CCC(CC(C)c1ccc(OC(C)=O)cc1)c1ccc(CCl)cc1.CCC(CC(C)c1ccc(OC(C)=O)cc1)c1ccc(COCCCS(=O)(=O)[O-])cc1. The van der Waals surface area contributed by atoms with E-state index in [-0.39, 0.29) is 70.3 Å². The summed E-state index contributed by atoms with van der Waals surface area (Å²) < 4.78 is 89.4. The predicted molar refractivity (Wildman–Crippen MR) is 436 cm³/mol. The van der Waals surface area contributed by atoms with Crippen LogP contribution < -0.4 is 14.2 Å². The molecule has 0 heterocycles. The molecule has 0 bridgehead atoms. The van der Waals surface area contributed by atoms with Gasteiger partial charge in [-0.2, -0.15) is 0 Å². The number of phenols is 1. The number of phenolic OH excluding ortho intramolecular Hbond substituents is 1. The van der Waals surface area contributed by atoms with Crippen LogP contribution in [0.2, 0.25) is 0 Å². The smallest absolute Gasteiger partial charge is 0.308 e. The molecule has 8 aromatic carbocycles. The first-order valence-electron chi connectivity index (χ1n) is 35.5. The molecule has 0 saturated carbocycles. The highest BCUT2D eigenvalue weighted by atomic mass is 35.5. The quantitative estimate of drug-likeness (QED) is 0.0130. The molecule has 582 valence electrons. The third-order valence-corrected chi connectivity index (χ3v) is 19.6. The summed E-state index contributed by atoms with van der Waals surface area (Å²) in [6.45, 7) is 26.0. The molecule has 0 amide bonds.